The first kappa shape index (κ1) is 18.5. The third kappa shape index (κ3) is 3.79. The molecule has 5 nitrogen and oxygen atoms in total. The molecule has 0 saturated heterocycles. The van der Waals surface area contributed by atoms with Crippen molar-refractivity contribution in [1.29, 1.82) is 0 Å². The molecule has 0 bridgehead atoms. The quantitative estimate of drug-likeness (QED) is 0.506. The average Bonchev–Trinajstić information content (AvgIpc) is 2.97. The number of nitrogens with zero attached hydrogens (tertiary/aromatic N) is 2. The molecule has 0 saturated carbocycles. The number of benzene rings is 1. The molecule has 2 heterocycles. The summed E-state index contributed by atoms with van der Waals surface area (Å²) in [6.45, 7) is 4.92. The first-order valence-electron chi connectivity index (χ1n) is 8.45. The maximum Gasteiger partial charge on any atom is 0.357 e. The highest BCUT2D eigenvalue weighted by atomic mass is 19.1. The molecule has 0 radical (unpaired) electrons. The maximum atomic E-state index is 13.9. The molecule has 0 fully saturated rings. The zero-order chi connectivity index (χ0) is 19.6. The summed E-state index contributed by atoms with van der Waals surface area (Å²) in [5.74, 6) is -1.29. The van der Waals surface area contributed by atoms with Crippen LogP contribution < -0.4 is 0 Å². The topological polar surface area (TPSA) is 61.2 Å². The van der Waals surface area contributed by atoms with Gasteiger partial charge in [-0.1, -0.05) is 12.1 Å². The Kier molecular flexibility index (Phi) is 5.16. The van der Waals surface area contributed by atoms with E-state index in [9.17, 15) is 14.0 Å². The molecule has 0 amide bonds. The van der Waals surface area contributed by atoms with Crippen molar-refractivity contribution in [2.75, 3.05) is 6.61 Å². The number of hydrogen-bond acceptors (Lipinski definition) is 4. The number of Topliss-reactive ketones (excluding diaryl/α,β-unsaturated/α-hetero) is 1. The van der Waals surface area contributed by atoms with Gasteiger partial charge in [0.15, 0.2) is 6.61 Å². The fourth-order valence-corrected chi connectivity index (χ4v) is 2.93. The second-order valence-corrected chi connectivity index (χ2v) is 6.27. The zero-order valence-corrected chi connectivity index (χ0v) is 15.3. The van der Waals surface area contributed by atoms with E-state index in [1.807, 2.05) is 6.92 Å². The van der Waals surface area contributed by atoms with Crippen molar-refractivity contribution in [2.45, 2.75) is 20.8 Å². The maximum absolute atomic E-state index is 13.9. The van der Waals surface area contributed by atoms with Gasteiger partial charge in [0.1, 0.15) is 11.5 Å². The first-order valence-corrected chi connectivity index (χ1v) is 8.45. The summed E-state index contributed by atoms with van der Waals surface area (Å²) in [4.78, 5) is 28.4. The van der Waals surface area contributed by atoms with Crippen molar-refractivity contribution < 1.29 is 18.7 Å². The minimum absolute atomic E-state index is 0.144. The van der Waals surface area contributed by atoms with Crippen molar-refractivity contribution in [3.63, 3.8) is 0 Å². The number of halogens is 1. The molecule has 0 aliphatic carbocycles. The largest absolute Gasteiger partial charge is 0.453 e. The molecule has 3 aromatic rings. The third-order valence-electron chi connectivity index (χ3n) is 4.35. The Hall–Kier alpha value is -3.28. The number of aromatic nitrogens is 2. The fraction of sp³-hybridized carbons (Fsp3) is 0.190. The number of ketones is 1. The molecule has 0 atom stereocenters. The van der Waals surface area contributed by atoms with Crippen LogP contribution in [0, 0.1) is 26.6 Å². The number of ether oxygens (including phenoxy) is 1. The van der Waals surface area contributed by atoms with E-state index in [4.69, 9.17) is 4.74 Å². The van der Waals surface area contributed by atoms with Gasteiger partial charge in [0, 0.05) is 28.8 Å². The highest BCUT2D eigenvalue weighted by Gasteiger charge is 2.19. The number of rotatable bonds is 5. The lowest BCUT2D eigenvalue weighted by Crippen LogP contribution is -2.15. The first-order chi connectivity index (χ1) is 12.9. The van der Waals surface area contributed by atoms with Gasteiger partial charge in [-0.3, -0.25) is 4.79 Å². The van der Waals surface area contributed by atoms with Gasteiger partial charge >= 0.3 is 5.97 Å². The Labute approximate surface area is 156 Å². The van der Waals surface area contributed by atoms with Crippen LogP contribution in [0.3, 0.4) is 0 Å². The van der Waals surface area contributed by atoms with Crippen LogP contribution in [0.4, 0.5) is 4.39 Å². The van der Waals surface area contributed by atoms with Crippen LogP contribution in [0.2, 0.25) is 0 Å². The standard InChI is InChI=1S/C21H19FN2O3/c1-13-7-8-16(11-18(13)22)24-14(2)10-17(15(24)3)20(25)12-27-21(26)19-6-4-5-9-23-19/h4-11H,12H2,1-3H3. The molecular formula is C21H19FN2O3. The van der Waals surface area contributed by atoms with Gasteiger partial charge in [-0.05, 0) is 56.7 Å². The Morgan fingerprint density at radius 2 is 1.89 bits per heavy atom. The van der Waals surface area contributed by atoms with Crippen molar-refractivity contribution in [3.8, 4) is 5.69 Å². The summed E-state index contributed by atoms with van der Waals surface area (Å²) in [6.07, 6.45) is 1.48. The van der Waals surface area contributed by atoms with Gasteiger partial charge in [0.25, 0.3) is 0 Å². The van der Waals surface area contributed by atoms with Crippen LogP contribution in [-0.4, -0.2) is 27.9 Å². The second-order valence-electron chi connectivity index (χ2n) is 6.27. The lowest BCUT2D eigenvalue weighted by molar-refractivity contribution is 0.0468. The van der Waals surface area contributed by atoms with Crippen LogP contribution in [0.1, 0.15) is 37.8 Å². The molecule has 6 heteroatoms. The molecule has 2 aromatic heterocycles. The Morgan fingerprint density at radius 1 is 1.11 bits per heavy atom. The van der Waals surface area contributed by atoms with Crippen LogP contribution >= 0.6 is 0 Å². The average molecular weight is 366 g/mol. The molecule has 138 valence electrons. The number of carbonyl (C=O) groups excluding carboxylic acids is 2. The van der Waals surface area contributed by atoms with Crippen LogP contribution in [0.25, 0.3) is 5.69 Å². The van der Waals surface area contributed by atoms with E-state index in [0.29, 0.717) is 22.5 Å². The molecule has 0 spiro atoms. The van der Waals surface area contributed by atoms with Gasteiger partial charge < -0.3 is 9.30 Å². The summed E-state index contributed by atoms with van der Waals surface area (Å²) in [7, 11) is 0. The molecular weight excluding hydrogens is 347 g/mol. The Balaban J connectivity index is 1.80. The van der Waals surface area contributed by atoms with Crippen molar-refractivity contribution >= 4 is 11.8 Å². The summed E-state index contributed by atoms with van der Waals surface area (Å²) < 4.78 is 20.8. The summed E-state index contributed by atoms with van der Waals surface area (Å²) in [5.41, 5.74) is 3.22. The molecule has 3 rings (SSSR count). The van der Waals surface area contributed by atoms with Crippen LogP contribution in [-0.2, 0) is 4.74 Å². The van der Waals surface area contributed by atoms with Crippen LogP contribution in [0.5, 0.6) is 0 Å². The number of pyridine rings is 1. The molecule has 0 aliphatic heterocycles. The SMILES string of the molecule is Cc1ccc(-n2c(C)cc(C(=O)COC(=O)c3ccccn3)c2C)cc1F. The van der Waals surface area contributed by atoms with E-state index in [-0.39, 0.29) is 23.9 Å². The predicted molar refractivity (Wildman–Crippen MR) is 98.8 cm³/mol. The monoisotopic (exact) mass is 366 g/mol. The Morgan fingerprint density at radius 3 is 2.56 bits per heavy atom. The third-order valence-corrected chi connectivity index (χ3v) is 4.35. The van der Waals surface area contributed by atoms with Gasteiger partial charge in [-0.15, -0.1) is 0 Å². The highest BCUT2D eigenvalue weighted by molar-refractivity contribution is 6.00. The normalized spacial score (nSPS) is 10.7. The lowest BCUT2D eigenvalue weighted by atomic mass is 10.1. The van der Waals surface area contributed by atoms with Gasteiger partial charge in [0.2, 0.25) is 5.78 Å². The lowest BCUT2D eigenvalue weighted by Gasteiger charge is -2.11. The summed E-state index contributed by atoms with van der Waals surface area (Å²) in [6, 6.07) is 11.5. The van der Waals surface area contributed by atoms with E-state index >= 15 is 0 Å². The summed E-state index contributed by atoms with van der Waals surface area (Å²) >= 11 is 0. The number of carbonyl (C=O) groups is 2. The molecule has 1 aromatic carbocycles. The van der Waals surface area contributed by atoms with Crippen molar-refractivity contribution in [3.05, 3.63) is 82.7 Å². The number of aryl methyl sites for hydroxylation is 2. The van der Waals surface area contributed by atoms with Crippen molar-refractivity contribution in [2.24, 2.45) is 0 Å². The molecule has 0 unspecified atom stereocenters. The number of hydrogen-bond donors (Lipinski definition) is 0. The molecule has 27 heavy (non-hydrogen) atoms. The van der Waals surface area contributed by atoms with E-state index in [1.54, 1.807) is 48.7 Å². The molecule has 0 N–H and O–H groups in total. The van der Waals surface area contributed by atoms with Gasteiger partial charge in [-0.25, -0.2) is 14.2 Å². The Bertz CT molecular complexity index is 1010. The highest BCUT2D eigenvalue weighted by Crippen LogP contribution is 2.23. The van der Waals surface area contributed by atoms with E-state index in [0.717, 1.165) is 5.69 Å². The van der Waals surface area contributed by atoms with Crippen LogP contribution in [0.15, 0.2) is 48.7 Å². The number of esters is 1. The minimum atomic E-state index is -0.654. The van der Waals surface area contributed by atoms with Crippen molar-refractivity contribution in [1.82, 2.24) is 9.55 Å². The summed E-state index contributed by atoms with van der Waals surface area (Å²) in [5, 5.41) is 0. The van der Waals surface area contributed by atoms with Gasteiger partial charge in [0.05, 0.1) is 0 Å². The fourth-order valence-electron chi connectivity index (χ4n) is 2.93. The molecule has 0 aliphatic rings. The van der Waals surface area contributed by atoms with E-state index < -0.39 is 5.97 Å². The second kappa shape index (κ2) is 7.53. The van der Waals surface area contributed by atoms with Gasteiger partial charge in [-0.2, -0.15) is 0 Å². The van der Waals surface area contributed by atoms with E-state index in [1.165, 1.54) is 18.3 Å². The smallest absolute Gasteiger partial charge is 0.357 e. The minimum Gasteiger partial charge on any atom is -0.453 e. The zero-order valence-electron chi connectivity index (χ0n) is 15.3. The predicted octanol–water partition coefficient (Wildman–Crippen LogP) is 3.98. The van der Waals surface area contributed by atoms with E-state index in [2.05, 4.69) is 4.98 Å².